The van der Waals surface area contributed by atoms with E-state index in [4.69, 9.17) is 0 Å². The normalized spacial score (nSPS) is 13.6. The van der Waals surface area contributed by atoms with Gasteiger partial charge in [-0.05, 0) is 19.5 Å². The van der Waals surface area contributed by atoms with Crippen LogP contribution in [0.5, 0.6) is 0 Å². The zero-order valence-electron chi connectivity index (χ0n) is 9.17. The molecule has 1 rings (SSSR count). The van der Waals surface area contributed by atoms with E-state index >= 15 is 0 Å². The quantitative estimate of drug-likeness (QED) is 0.735. The summed E-state index contributed by atoms with van der Waals surface area (Å²) in [6.07, 6.45) is 8.17. The lowest BCUT2D eigenvalue weighted by molar-refractivity contribution is 0.808. The third-order valence-corrected chi connectivity index (χ3v) is 2.28. The largest absolute Gasteiger partial charge is 0.350 e. The molecule has 0 aromatic carbocycles. The van der Waals surface area contributed by atoms with Crippen LogP contribution in [0.2, 0.25) is 0 Å². The van der Waals surface area contributed by atoms with Crippen molar-refractivity contribution in [3.63, 3.8) is 0 Å². The van der Waals surface area contributed by atoms with Crippen molar-refractivity contribution in [2.24, 2.45) is 7.05 Å². The molecular formula is C12H18N2. The van der Waals surface area contributed by atoms with Gasteiger partial charge in [-0.3, -0.25) is 0 Å². The number of nitrogens with zero attached hydrogens (tertiary/aromatic N) is 1. The highest BCUT2D eigenvalue weighted by atomic mass is 14.9. The summed E-state index contributed by atoms with van der Waals surface area (Å²) in [5, 5.41) is 5.67. The minimum absolute atomic E-state index is 0.890. The van der Waals surface area contributed by atoms with Gasteiger partial charge >= 0.3 is 0 Å². The molecule has 0 bridgehead atoms. The van der Waals surface area contributed by atoms with Crippen LogP contribution < -0.4 is 15.9 Å². The van der Waals surface area contributed by atoms with Crippen molar-refractivity contribution in [1.29, 1.82) is 0 Å². The fraction of sp³-hybridized carbons (Fsp3) is 0.333. The van der Waals surface area contributed by atoms with Gasteiger partial charge in [0, 0.05) is 30.4 Å². The van der Waals surface area contributed by atoms with E-state index < -0.39 is 0 Å². The van der Waals surface area contributed by atoms with Crippen molar-refractivity contribution in [2.75, 3.05) is 7.05 Å². The first-order chi connectivity index (χ1) is 6.74. The summed E-state index contributed by atoms with van der Waals surface area (Å²) in [6, 6.07) is 0. The summed E-state index contributed by atoms with van der Waals surface area (Å²) >= 11 is 0. The van der Waals surface area contributed by atoms with Crippen LogP contribution in [0.1, 0.15) is 12.5 Å². The van der Waals surface area contributed by atoms with Gasteiger partial charge in [0.25, 0.3) is 0 Å². The number of hydrogen-bond donors (Lipinski definition) is 1. The molecule has 2 heteroatoms. The average Bonchev–Trinajstić information content (AvgIpc) is 2.44. The predicted molar refractivity (Wildman–Crippen MR) is 62.2 cm³/mol. The molecule has 0 aliphatic carbocycles. The second kappa shape index (κ2) is 4.82. The lowest BCUT2D eigenvalue weighted by Crippen LogP contribution is -2.29. The molecule has 0 saturated heterocycles. The van der Waals surface area contributed by atoms with E-state index in [0.717, 1.165) is 6.54 Å². The lowest BCUT2D eigenvalue weighted by Gasteiger charge is -1.93. The van der Waals surface area contributed by atoms with Crippen LogP contribution >= 0.6 is 0 Å². The second-order valence-corrected chi connectivity index (χ2v) is 3.29. The summed E-state index contributed by atoms with van der Waals surface area (Å²) in [4.78, 5) is 0. The van der Waals surface area contributed by atoms with E-state index in [1.807, 2.05) is 13.1 Å². The Morgan fingerprint density at radius 3 is 2.79 bits per heavy atom. The van der Waals surface area contributed by atoms with Crippen molar-refractivity contribution in [3.05, 3.63) is 35.0 Å². The molecule has 0 amide bonds. The van der Waals surface area contributed by atoms with Crippen LogP contribution in [0.25, 0.3) is 12.2 Å². The minimum atomic E-state index is 0.890. The van der Waals surface area contributed by atoms with Gasteiger partial charge in [-0.2, -0.15) is 0 Å². The van der Waals surface area contributed by atoms with Crippen molar-refractivity contribution in [3.8, 4) is 0 Å². The summed E-state index contributed by atoms with van der Waals surface area (Å²) < 4.78 is 2.14. The molecule has 1 aromatic rings. The number of rotatable bonds is 3. The predicted octanol–water partition coefficient (Wildman–Crippen LogP) is 0.511. The first kappa shape index (κ1) is 10.8. The standard InChI is InChI=1S/C12H18N2/c1-5-7-11-10(8-13-3)9-14(4)12(11)6-2/h5-7,9,13H,1,8H2,2-4H3/b11-7-,12-6+. The first-order valence-corrected chi connectivity index (χ1v) is 4.82. The topological polar surface area (TPSA) is 17.0 Å². The van der Waals surface area contributed by atoms with E-state index in [0.29, 0.717) is 0 Å². The fourth-order valence-electron chi connectivity index (χ4n) is 1.73. The molecule has 0 unspecified atom stereocenters. The van der Waals surface area contributed by atoms with Crippen LogP contribution in [0.15, 0.2) is 18.9 Å². The van der Waals surface area contributed by atoms with Gasteiger partial charge in [0.1, 0.15) is 0 Å². The Morgan fingerprint density at radius 1 is 1.57 bits per heavy atom. The molecule has 1 heterocycles. The molecule has 76 valence electrons. The van der Waals surface area contributed by atoms with E-state index in [9.17, 15) is 0 Å². The fourth-order valence-corrected chi connectivity index (χ4v) is 1.73. The maximum absolute atomic E-state index is 3.74. The SMILES string of the molecule is C=C/C=c1/c(CNC)cn(C)/c1=C/C. The minimum Gasteiger partial charge on any atom is -0.350 e. The smallest absolute Gasteiger partial charge is 0.0437 e. The summed E-state index contributed by atoms with van der Waals surface area (Å²) in [5.41, 5.74) is 1.31. The van der Waals surface area contributed by atoms with E-state index in [2.05, 4.69) is 48.8 Å². The number of allylic oxidation sites excluding steroid dienone is 1. The Bertz CT molecular complexity index is 424. The van der Waals surface area contributed by atoms with Gasteiger partial charge in [-0.1, -0.05) is 24.8 Å². The Labute approximate surface area is 85.3 Å². The zero-order chi connectivity index (χ0) is 10.6. The maximum Gasteiger partial charge on any atom is 0.0437 e. The monoisotopic (exact) mass is 190 g/mol. The molecule has 0 fully saturated rings. The molecule has 0 radical (unpaired) electrons. The lowest BCUT2D eigenvalue weighted by atomic mass is 10.2. The molecule has 0 atom stereocenters. The molecule has 1 aromatic heterocycles. The molecular weight excluding hydrogens is 172 g/mol. The Hall–Kier alpha value is -1.28. The number of aryl methyl sites for hydroxylation is 1. The van der Waals surface area contributed by atoms with Gasteiger partial charge in [0.15, 0.2) is 0 Å². The van der Waals surface area contributed by atoms with Gasteiger partial charge in [0.2, 0.25) is 0 Å². The average molecular weight is 190 g/mol. The Kier molecular flexibility index (Phi) is 3.72. The van der Waals surface area contributed by atoms with E-state index in [1.165, 1.54) is 16.1 Å². The van der Waals surface area contributed by atoms with Gasteiger partial charge in [0.05, 0.1) is 0 Å². The maximum atomic E-state index is 3.74. The van der Waals surface area contributed by atoms with Gasteiger partial charge in [-0.15, -0.1) is 0 Å². The van der Waals surface area contributed by atoms with Crippen LogP contribution in [0, 0.1) is 0 Å². The molecule has 0 aliphatic heterocycles. The highest BCUT2D eigenvalue weighted by Gasteiger charge is 1.99. The van der Waals surface area contributed by atoms with E-state index in [1.54, 1.807) is 0 Å². The summed E-state index contributed by atoms with van der Waals surface area (Å²) in [7, 11) is 4.02. The van der Waals surface area contributed by atoms with Crippen molar-refractivity contribution in [2.45, 2.75) is 13.5 Å². The third kappa shape index (κ3) is 1.96. The first-order valence-electron chi connectivity index (χ1n) is 4.82. The van der Waals surface area contributed by atoms with Crippen molar-refractivity contribution in [1.82, 2.24) is 9.88 Å². The summed E-state index contributed by atoms with van der Waals surface area (Å²) in [5.74, 6) is 0. The van der Waals surface area contributed by atoms with Crippen molar-refractivity contribution >= 4 is 12.2 Å². The molecule has 1 N–H and O–H groups in total. The number of hydrogen-bond acceptors (Lipinski definition) is 1. The molecule has 2 nitrogen and oxygen atoms in total. The molecule has 0 saturated carbocycles. The highest BCUT2D eigenvalue weighted by molar-refractivity contribution is 5.40. The third-order valence-electron chi connectivity index (χ3n) is 2.28. The van der Waals surface area contributed by atoms with Gasteiger partial charge in [-0.25, -0.2) is 0 Å². The zero-order valence-corrected chi connectivity index (χ0v) is 9.17. The molecule has 0 aliphatic rings. The number of nitrogens with one attached hydrogen (secondary N) is 1. The van der Waals surface area contributed by atoms with Crippen LogP contribution in [0.3, 0.4) is 0 Å². The van der Waals surface area contributed by atoms with Crippen LogP contribution in [-0.2, 0) is 13.6 Å². The van der Waals surface area contributed by atoms with Crippen molar-refractivity contribution < 1.29 is 0 Å². The molecule has 14 heavy (non-hydrogen) atoms. The highest BCUT2D eigenvalue weighted by Crippen LogP contribution is 1.88. The van der Waals surface area contributed by atoms with Crippen LogP contribution in [0.4, 0.5) is 0 Å². The Morgan fingerprint density at radius 2 is 2.29 bits per heavy atom. The van der Waals surface area contributed by atoms with Crippen LogP contribution in [-0.4, -0.2) is 11.6 Å². The van der Waals surface area contributed by atoms with Gasteiger partial charge < -0.3 is 9.88 Å². The molecule has 0 spiro atoms. The Balaban J connectivity index is 3.47. The second-order valence-electron chi connectivity index (χ2n) is 3.29. The number of aromatic nitrogens is 1. The van der Waals surface area contributed by atoms with E-state index in [-0.39, 0.29) is 0 Å². The summed E-state index contributed by atoms with van der Waals surface area (Å²) in [6.45, 7) is 6.69.